The van der Waals surface area contributed by atoms with Gasteiger partial charge in [0.25, 0.3) is 0 Å². The molecule has 0 N–H and O–H groups in total. The highest BCUT2D eigenvalue weighted by Gasteiger charge is 2.03. The summed E-state index contributed by atoms with van der Waals surface area (Å²) in [6.45, 7) is 2.41. The van der Waals surface area contributed by atoms with Gasteiger partial charge in [0.1, 0.15) is 0 Å². The minimum Gasteiger partial charge on any atom is -0.258 e. The highest BCUT2D eigenvalue weighted by Crippen LogP contribution is 2.09. The summed E-state index contributed by atoms with van der Waals surface area (Å²) in [6, 6.07) is 0. The first-order chi connectivity index (χ1) is 7.06. The van der Waals surface area contributed by atoms with E-state index in [1.165, 1.54) is 32.1 Å². The van der Waals surface area contributed by atoms with E-state index >= 15 is 0 Å². The third kappa shape index (κ3) is 14.2. The SMILES string of the molecule is CCCCCCCCCCOS(=O)(=O)Cl. The van der Waals surface area contributed by atoms with Crippen LogP contribution in [0.1, 0.15) is 58.3 Å². The Morgan fingerprint density at radius 2 is 1.40 bits per heavy atom. The van der Waals surface area contributed by atoms with E-state index in [4.69, 9.17) is 10.7 Å². The first kappa shape index (κ1) is 15.2. The van der Waals surface area contributed by atoms with Crippen molar-refractivity contribution in [2.24, 2.45) is 0 Å². The van der Waals surface area contributed by atoms with Crippen molar-refractivity contribution in [2.45, 2.75) is 58.3 Å². The lowest BCUT2D eigenvalue weighted by atomic mass is 10.1. The van der Waals surface area contributed by atoms with Gasteiger partial charge in [-0.1, -0.05) is 51.9 Å². The van der Waals surface area contributed by atoms with Crippen molar-refractivity contribution < 1.29 is 12.6 Å². The summed E-state index contributed by atoms with van der Waals surface area (Å²) in [5, 5.41) is 0. The van der Waals surface area contributed by atoms with Crippen LogP contribution in [0.15, 0.2) is 0 Å². The maximum Gasteiger partial charge on any atom is 0.355 e. The fourth-order valence-electron chi connectivity index (χ4n) is 1.39. The molecule has 0 atom stereocenters. The van der Waals surface area contributed by atoms with Gasteiger partial charge in [-0.15, -0.1) is 0 Å². The standard InChI is InChI=1S/C10H21ClO3S/c1-2-3-4-5-6-7-8-9-10-14-15(11,12)13/h2-10H2,1H3. The van der Waals surface area contributed by atoms with Gasteiger partial charge >= 0.3 is 9.33 Å². The molecule has 0 heterocycles. The maximum absolute atomic E-state index is 10.4. The lowest BCUT2D eigenvalue weighted by Crippen LogP contribution is -1.98. The van der Waals surface area contributed by atoms with Crippen LogP contribution < -0.4 is 0 Å². The van der Waals surface area contributed by atoms with Crippen LogP contribution in [0.2, 0.25) is 0 Å². The molecule has 0 fully saturated rings. The normalized spacial score (nSPS) is 11.9. The molecule has 0 rings (SSSR count). The molecule has 15 heavy (non-hydrogen) atoms. The molecule has 0 aromatic rings. The number of unbranched alkanes of at least 4 members (excludes halogenated alkanes) is 7. The Morgan fingerprint density at radius 3 is 1.87 bits per heavy atom. The summed E-state index contributed by atoms with van der Waals surface area (Å²) < 4.78 is 25.2. The summed E-state index contributed by atoms with van der Waals surface area (Å²) in [5.74, 6) is 0. The molecule has 0 radical (unpaired) electrons. The van der Waals surface area contributed by atoms with Gasteiger partial charge in [-0.2, -0.15) is 8.42 Å². The Bertz CT molecular complexity index is 227. The van der Waals surface area contributed by atoms with Gasteiger partial charge in [-0.3, -0.25) is 4.18 Å². The van der Waals surface area contributed by atoms with Crippen molar-refractivity contribution >= 4 is 20.0 Å². The van der Waals surface area contributed by atoms with E-state index in [0.29, 0.717) is 0 Å². The first-order valence-corrected chi connectivity index (χ1v) is 7.88. The second-order valence-electron chi connectivity index (χ2n) is 3.69. The highest BCUT2D eigenvalue weighted by atomic mass is 35.7. The van der Waals surface area contributed by atoms with Gasteiger partial charge in [0.15, 0.2) is 0 Å². The molecule has 5 heteroatoms. The molecule has 0 aromatic heterocycles. The molecule has 0 bridgehead atoms. The highest BCUT2D eigenvalue weighted by molar-refractivity contribution is 8.09. The first-order valence-electron chi connectivity index (χ1n) is 5.65. The van der Waals surface area contributed by atoms with Crippen molar-refractivity contribution in [3.63, 3.8) is 0 Å². The van der Waals surface area contributed by atoms with Crippen LogP contribution in [-0.2, 0) is 13.5 Å². The second kappa shape index (κ2) is 9.43. The monoisotopic (exact) mass is 256 g/mol. The van der Waals surface area contributed by atoms with Gasteiger partial charge in [-0.05, 0) is 6.42 Å². The summed E-state index contributed by atoms with van der Waals surface area (Å²) >= 11 is 0. The number of hydrogen-bond donors (Lipinski definition) is 0. The Kier molecular flexibility index (Phi) is 9.55. The Hall–Kier alpha value is 0.200. The molecule has 3 nitrogen and oxygen atoms in total. The van der Waals surface area contributed by atoms with Crippen molar-refractivity contribution in [1.82, 2.24) is 0 Å². The molecule has 0 aliphatic heterocycles. The molecular weight excluding hydrogens is 236 g/mol. The van der Waals surface area contributed by atoms with Crippen LogP contribution in [0, 0.1) is 0 Å². The van der Waals surface area contributed by atoms with Crippen LogP contribution in [0.4, 0.5) is 0 Å². The van der Waals surface area contributed by atoms with Crippen LogP contribution in [0.25, 0.3) is 0 Å². The predicted octanol–water partition coefficient (Wildman–Crippen LogP) is 3.63. The van der Waals surface area contributed by atoms with E-state index in [0.717, 1.165) is 19.3 Å². The van der Waals surface area contributed by atoms with E-state index < -0.39 is 9.33 Å². The summed E-state index contributed by atoms with van der Waals surface area (Å²) in [5.41, 5.74) is 0. The van der Waals surface area contributed by atoms with Crippen LogP contribution >= 0.6 is 10.7 Å². The average molecular weight is 257 g/mol. The number of rotatable bonds is 10. The third-order valence-electron chi connectivity index (χ3n) is 2.22. The van der Waals surface area contributed by atoms with Crippen molar-refractivity contribution in [3.05, 3.63) is 0 Å². The molecular formula is C10H21ClO3S. The maximum atomic E-state index is 10.4. The minimum atomic E-state index is -3.76. The second-order valence-corrected chi connectivity index (χ2v) is 5.85. The zero-order valence-corrected chi connectivity index (χ0v) is 10.9. The fourth-order valence-corrected chi connectivity index (χ4v) is 1.90. The quantitative estimate of drug-likeness (QED) is 0.443. The Labute approximate surface area is 97.8 Å². The molecule has 0 saturated heterocycles. The topological polar surface area (TPSA) is 43.4 Å². The minimum absolute atomic E-state index is 0.209. The summed E-state index contributed by atoms with van der Waals surface area (Å²) in [4.78, 5) is 0. The van der Waals surface area contributed by atoms with Crippen molar-refractivity contribution in [1.29, 1.82) is 0 Å². The van der Waals surface area contributed by atoms with Crippen molar-refractivity contribution in [3.8, 4) is 0 Å². The van der Waals surface area contributed by atoms with E-state index in [-0.39, 0.29) is 6.61 Å². The molecule has 0 aromatic carbocycles. The van der Waals surface area contributed by atoms with E-state index in [1.54, 1.807) is 0 Å². The zero-order valence-electron chi connectivity index (χ0n) is 9.37. The van der Waals surface area contributed by atoms with Gasteiger partial charge in [-0.25, -0.2) is 0 Å². The fraction of sp³-hybridized carbons (Fsp3) is 1.00. The lowest BCUT2D eigenvalue weighted by molar-refractivity contribution is 0.315. The van der Waals surface area contributed by atoms with Crippen molar-refractivity contribution in [2.75, 3.05) is 6.61 Å². The van der Waals surface area contributed by atoms with Crippen LogP contribution in [-0.4, -0.2) is 15.0 Å². The molecule has 92 valence electrons. The van der Waals surface area contributed by atoms with E-state index in [1.807, 2.05) is 0 Å². The van der Waals surface area contributed by atoms with E-state index in [9.17, 15) is 8.42 Å². The van der Waals surface area contributed by atoms with Gasteiger partial charge in [0, 0.05) is 10.7 Å². The number of hydrogen-bond acceptors (Lipinski definition) is 3. The zero-order chi connectivity index (χ0) is 11.6. The Morgan fingerprint density at radius 1 is 0.933 bits per heavy atom. The summed E-state index contributed by atoms with van der Waals surface area (Å²) in [6.07, 6.45) is 9.32. The largest absolute Gasteiger partial charge is 0.355 e. The lowest BCUT2D eigenvalue weighted by Gasteiger charge is -2.01. The predicted molar refractivity (Wildman–Crippen MR) is 63.3 cm³/mol. The molecule has 0 aliphatic carbocycles. The molecule has 0 amide bonds. The average Bonchev–Trinajstić information content (AvgIpc) is 2.14. The van der Waals surface area contributed by atoms with Crippen LogP contribution in [0.5, 0.6) is 0 Å². The number of halogens is 1. The van der Waals surface area contributed by atoms with Gasteiger partial charge in [0.05, 0.1) is 6.61 Å². The molecule has 0 saturated carbocycles. The van der Waals surface area contributed by atoms with Gasteiger partial charge in [0.2, 0.25) is 0 Å². The molecule has 0 unspecified atom stereocenters. The Balaban J connectivity index is 3.06. The molecule has 0 spiro atoms. The van der Waals surface area contributed by atoms with Gasteiger partial charge < -0.3 is 0 Å². The van der Waals surface area contributed by atoms with Crippen LogP contribution in [0.3, 0.4) is 0 Å². The smallest absolute Gasteiger partial charge is 0.258 e. The summed E-state index contributed by atoms with van der Waals surface area (Å²) in [7, 11) is 1.12. The third-order valence-corrected chi connectivity index (χ3v) is 2.94. The molecule has 0 aliphatic rings. The van der Waals surface area contributed by atoms with E-state index in [2.05, 4.69) is 11.1 Å².